The fraction of sp³-hybridized carbons (Fsp3) is 1.00. The minimum atomic E-state index is -8.65. The molecule has 42 heteroatoms. The van der Waals surface area contributed by atoms with Gasteiger partial charge < -0.3 is 9.47 Å². The summed E-state index contributed by atoms with van der Waals surface area (Å²) in [6.45, 7) is -12.7. The molecule has 0 fully saturated rings. The number of halogens is 40. The third kappa shape index (κ3) is 10.6. The lowest BCUT2D eigenvalue weighted by Gasteiger charge is -2.41. The van der Waals surface area contributed by atoms with Gasteiger partial charge in [0.2, 0.25) is 0 Å². The molecule has 0 N–H and O–H groups in total. The van der Waals surface area contributed by atoms with Gasteiger partial charge in [0, 0.05) is 20.7 Å². The Balaban J connectivity index is 6.23. The van der Waals surface area contributed by atoms with Crippen molar-refractivity contribution in [3.63, 3.8) is 0 Å². The molecule has 0 aromatic rings. The first kappa shape index (κ1) is 66.7. The van der Waals surface area contributed by atoms with E-state index in [9.17, 15) is 167 Å². The molecule has 0 spiro atoms. The standard InChI is InChI=1S/C26H14F38I2O2/c27-9(28,13(35,36)17(43,44)21(51,52)23(55,56)25(59,60)61)1-7(65)3-67-5-11(31,32)15(39,40)19(47,48)20(49,50)16(41,42)12(33,34)6-68-4-8(66)2-10(29,30)14(37,38)18(45,46)22(53,54)24(57,58)26(62,63)64/h7-8H,1-6H2. The Morgan fingerprint density at radius 2 is 0.397 bits per heavy atom. The van der Waals surface area contributed by atoms with Crippen LogP contribution < -0.4 is 0 Å². The molecule has 0 saturated carbocycles. The average molecular weight is 1330 g/mol. The number of hydrogen-bond donors (Lipinski definition) is 0. The molecule has 0 aliphatic rings. The van der Waals surface area contributed by atoms with Gasteiger partial charge in [0.05, 0.1) is 13.2 Å². The van der Waals surface area contributed by atoms with Gasteiger partial charge in [0.15, 0.2) is 0 Å². The molecule has 0 rings (SSSR count). The Hall–Kier alpha value is -1.28. The van der Waals surface area contributed by atoms with Gasteiger partial charge in [-0.3, -0.25) is 0 Å². The summed E-state index contributed by atoms with van der Waals surface area (Å²) in [4.78, 5) is 0. The summed E-state index contributed by atoms with van der Waals surface area (Å²) in [7, 11) is 0. The van der Waals surface area contributed by atoms with Crippen molar-refractivity contribution in [1.82, 2.24) is 0 Å². The maximum absolute atomic E-state index is 14.2. The van der Waals surface area contributed by atoms with Crippen molar-refractivity contribution in [3.05, 3.63) is 0 Å². The molecule has 2 unspecified atom stereocenters. The molecule has 0 radical (unpaired) electrons. The quantitative estimate of drug-likeness (QED) is 0.0515. The Morgan fingerprint density at radius 3 is 0.574 bits per heavy atom. The molecule has 0 bridgehead atoms. The maximum Gasteiger partial charge on any atom is 0.460 e. The topological polar surface area (TPSA) is 18.5 Å². The van der Waals surface area contributed by atoms with Crippen molar-refractivity contribution in [1.29, 1.82) is 0 Å². The molecule has 68 heavy (non-hydrogen) atoms. The van der Waals surface area contributed by atoms with Gasteiger partial charge in [-0.2, -0.15) is 167 Å². The highest BCUT2D eigenvalue weighted by molar-refractivity contribution is 14.1. The first-order valence-electron chi connectivity index (χ1n) is 15.6. The van der Waals surface area contributed by atoms with Crippen LogP contribution >= 0.6 is 45.2 Å². The van der Waals surface area contributed by atoms with Crippen molar-refractivity contribution in [2.45, 2.75) is 128 Å². The Morgan fingerprint density at radius 1 is 0.235 bits per heavy atom. The summed E-state index contributed by atoms with van der Waals surface area (Å²) in [5.41, 5.74) is 0. The highest BCUT2D eigenvalue weighted by atomic mass is 127. The third-order valence-electron chi connectivity index (χ3n) is 8.22. The van der Waals surface area contributed by atoms with Gasteiger partial charge in [-0.1, -0.05) is 45.2 Å². The summed E-state index contributed by atoms with van der Waals surface area (Å²) < 4.78 is 513. The summed E-state index contributed by atoms with van der Waals surface area (Å²) in [6.07, 6.45) is -22.5. The van der Waals surface area contributed by atoms with Crippen LogP contribution in [0.25, 0.3) is 0 Å². The van der Waals surface area contributed by atoms with Crippen LogP contribution in [0.3, 0.4) is 0 Å². The first-order valence-corrected chi connectivity index (χ1v) is 18.1. The van der Waals surface area contributed by atoms with E-state index in [1.807, 2.05) is 0 Å². The van der Waals surface area contributed by atoms with E-state index in [1.165, 1.54) is 0 Å². The van der Waals surface area contributed by atoms with Crippen molar-refractivity contribution >= 4 is 45.2 Å². The van der Waals surface area contributed by atoms with Crippen LogP contribution in [0.1, 0.15) is 12.8 Å². The van der Waals surface area contributed by atoms with Crippen molar-refractivity contribution in [3.8, 4) is 0 Å². The van der Waals surface area contributed by atoms with Crippen molar-refractivity contribution < 1.29 is 176 Å². The molecule has 0 amide bonds. The van der Waals surface area contributed by atoms with Gasteiger partial charge >= 0.3 is 107 Å². The first-order chi connectivity index (χ1) is 29.0. The Labute approximate surface area is 375 Å². The van der Waals surface area contributed by atoms with E-state index in [4.69, 9.17) is 0 Å². The number of hydrogen-bond acceptors (Lipinski definition) is 2. The SMILES string of the molecule is FC(F)(F)C(F)(F)C(F)(F)C(F)(F)C(F)(F)C(F)(F)CC(I)COCC(F)(F)C(F)(F)C(F)(F)C(F)(F)C(F)(F)C(F)(F)COCC(I)CC(F)(F)C(F)(F)C(F)(F)C(F)(F)C(F)(F)C(F)(F)F. The lowest BCUT2D eigenvalue weighted by Crippen LogP contribution is -2.71. The molecule has 2 nitrogen and oxygen atoms in total. The van der Waals surface area contributed by atoms with Crippen LogP contribution in [0, 0.1) is 0 Å². The third-order valence-corrected chi connectivity index (χ3v) is 9.82. The number of alkyl halides is 40. The van der Waals surface area contributed by atoms with Crippen molar-refractivity contribution in [2.75, 3.05) is 26.4 Å². The van der Waals surface area contributed by atoms with E-state index in [1.54, 1.807) is 0 Å². The zero-order valence-corrected chi connectivity index (χ0v) is 34.6. The molecule has 410 valence electrons. The monoisotopic (exact) mass is 1330 g/mol. The van der Waals surface area contributed by atoms with Crippen LogP contribution in [0.15, 0.2) is 0 Å². The zero-order chi connectivity index (χ0) is 55.8. The number of ether oxygens (including phenoxy) is 2. The molecule has 0 aromatic carbocycles. The molecule has 0 aliphatic carbocycles. The lowest BCUT2D eigenvalue weighted by molar-refractivity contribution is -0.440. The highest BCUT2D eigenvalue weighted by Crippen LogP contribution is 2.64. The van der Waals surface area contributed by atoms with Gasteiger partial charge in [-0.15, -0.1) is 0 Å². The minimum absolute atomic E-state index is 0.0595. The summed E-state index contributed by atoms with van der Waals surface area (Å²) >= 11 is 0.119. The summed E-state index contributed by atoms with van der Waals surface area (Å²) in [5, 5.41) is 0. The van der Waals surface area contributed by atoms with E-state index in [0.29, 0.717) is 0 Å². The summed E-state index contributed by atoms with van der Waals surface area (Å²) in [6, 6.07) is 0. The lowest BCUT2D eigenvalue weighted by atomic mass is 9.91. The minimum Gasteiger partial charge on any atom is -0.374 e. The van der Waals surface area contributed by atoms with Gasteiger partial charge in [-0.05, 0) is 0 Å². The van der Waals surface area contributed by atoms with E-state index in [-0.39, 0.29) is 45.2 Å². The van der Waals surface area contributed by atoms with E-state index in [2.05, 4.69) is 9.47 Å². The molecule has 0 saturated heterocycles. The predicted octanol–water partition coefficient (Wildman–Crippen LogP) is 14.7. The van der Waals surface area contributed by atoms with Crippen molar-refractivity contribution in [2.24, 2.45) is 0 Å². The highest BCUT2D eigenvalue weighted by Gasteiger charge is 2.93. The van der Waals surface area contributed by atoms with Gasteiger partial charge in [-0.25, -0.2) is 0 Å². The average Bonchev–Trinajstić information content (AvgIpc) is 3.08. The fourth-order valence-electron chi connectivity index (χ4n) is 4.20. The zero-order valence-electron chi connectivity index (χ0n) is 30.3. The normalized spacial score (nSPS) is 17.5. The van der Waals surface area contributed by atoms with Gasteiger partial charge in [0.25, 0.3) is 0 Å². The molecule has 0 aromatic heterocycles. The number of rotatable bonds is 25. The van der Waals surface area contributed by atoms with Crippen LogP contribution in [0.2, 0.25) is 0 Å². The summed E-state index contributed by atoms with van der Waals surface area (Å²) in [5.74, 6) is -129. The second-order valence-electron chi connectivity index (χ2n) is 13.3. The fourth-order valence-corrected chi connectivity index (χ4v) is 5.81. The Kier molecular flexibility index (Phi) is 18.5. The molecule has 0 aliphatic heterocycles. The van der Waals surface area contributed by atoms with Crippen LogP contribution in [0.4, 0.5) is 167 Å². The predicted molar refractivity (Wildman–Crippen MR) is 158 cm³/mol. The van der Waals surface area contributed by atoms with Crippen LogP contribution in [0.5, 0.6) is 0 Å². The van der Waals surface area contributed by atoms with Crippen LogP contribution in [-0.4, -0.2) is 141 Å². The second-order valence-corrected chi connectivity index (χ2v) is 16.9. The largest absolute Gasteiger partial charge is 0.460 e. The molecule has 2 atom stereocenters. The molecular formula is C26H14F38I2O2. The second kappa shape index (κ2) is 18.9. The van der Waals surface area contributed by atoms with Crippen LogP contribution in [-0.2, 0) is 9.47 Å². The van der Waals surface area contributed by atoms with E-state index >= 15 is 0 Å². The molecular weight excluding hydrogens is 1320 g/mol. The van der Waals surface area contributed by atoms with E-state index < -0.39 is 154 Å². The van der Waals surface area contributed by atoms with Gasteiger partial charge in [0.1, 0.15) is 13.2 Å². The maximum atomic E-state index is 14.2. The smallest absolute Gasteiger partial charge is 0.374 e. The molecule has 0 heterocycles. The Bertz CT molecular complexity index is 1570. The van der Waals surface area contributed by atoms with E-state index in [0.717, 1.165) is 0 Å².